The van der Waals surface area contributed by atoms with Crippen LogP contribution in [0.2, 0.25) is 0 Å². The Bertz CT molecular complexity index is 1440. The molecule has 0 saturated heterocycles. The van der Waals surface area contributed by atoms with E-state index in [0.717, 1.165) is 17.3 Å². The lowest BCUT2D eigenvalue weighted by Gasteiger charge is -2.15. The van der Waals surface area contributed by atoms with Crippen LogP contribution in [0.4, 0.5) is 13.2 Å². The van der Waals surface area contributed by atoms with Crippen LogP contribution in [0.1, 0.15) is 46.0 Å². The highest BCUT2D eigenvalue weighted by atomic mass is 19.4. The summed E-state index contributed by atoms with van der Waals surface area (Å²) >= 11 is 0. The Hall–Kier alpha value is -3.93. The normalized spacial score (nSPS) is 12.7. The summed E-state index contributed by atoms with van der Waals surface area (Å²) in [5.41, 5.74) is 0.923. The zero-order chi connectivity index (χ0) is 26.4. The van der Waals surface area contributed by atoms with Crippen LogP contribution in [0.25, 0.3) is 16.9 Å². The topological polar surface area (TPSA) is 97.8 Å². The first-order chi connectivity index (χ1) is 16.9. The number of hydrogen-bond acceptors (Lipinski definition) is 6. The number of carbonyl (C=O) groups is 1. The molecule has 1 amide bonds. The Morgan fingerprint density at radius 3 is 2.53 bits per heavy atom. The van der Waals surface area contributed by atoms with Gasteiger partial charge in [-0.05, 0) is 38.1 Å². The second-order valence-electron chi connectivity index (χ2n) is 8.53. The van der Waals surface area contributed by atoms with Crippen molar-refractivity contribution in [3.05, 3.63) is 64.7 Å². The third-order valence-corrected chi connectivity index (χ3v) is 5.78. The lowest BCUT2D eigenvalue weighted by molar-refractivity contribution is -0.142. The molecule has 0 aliphatic heterocycles. The number of nitrogens with zero attached hydrogens (tertiary/aromatic N) is 6. The molecule has 0 spiro atoms. The van der Waals surface area contributed by atoms with Crippen LogP contribution in [0, 0.1) is 6.92 Å². The van der Waals surface area contributed by atoms with Gasteiger partial charge in [-0.3, -0.25) is 9.48 Å². The van der Waals surface area contributed by atoms with Crippen LogP contribution in [0.3, 0.4) is 0 Å². The Kier molecular flexibility index (Phi) is 6.48. The van der Waals surface area contributed by atoms with Gasteiger partial charge in [0.15, 0.2) is 17.0 Å². The number of methoxy groups -OCH3 is 1. The average Bonchev–Trinajstić information content (AvgIpc) is 3.38. The smallest absolute Gasteiger partial charge is 0.433 e. The Labute approximate surface area is 204 Å². The minimum absolute atomic E-state index is 0.0117. The van der Waals surface area contributed by atoms with E-state index in [1.807, 2.05) is 6.92 Å². The molecule has 3 heterocycles. The molecule has 36 heavy (non-hydrogen) atoms. The number of halogens is 3. The van der Waals surface area contributed by atoms with Crippen LogP contribution in [-0.4, -0.2) is 54.4 Å². The van der Waals surface area contributed by atoms with Crippen LogP contribution in [0.5, 0.6) is 5.75 Å². The van der Waals surface area contributed by atoms with E-state index in [9.17, 15) is 23.1 Å². The molecule has 3 aromatic heterocycles. The fraction of sp³-hybridized carbons (Fsp3) is 0.333. The molecule has 1 N–H and O–H groups in total. The van der Waals surface area contributed by atoms with Crippen LogP contribution < -0.4 is 4.74 Å². The Morgan fingerprint density at radius 1 is 1.22 bits per heavy atom. The van der Waals surface area contributed by atoms with Crippen molar-refractivity contribution in [2.75, 3.05) is 14.2 Å². The second kappa shape index (κ2) is 9.26. The lowest BCUT2D eigenvalue weighted by Crippen LogP contribution is -2.27. The largest absolute Gasteiger partial charge is 0.496 e. The van der Waals surface area contributed by atoms with Crippen LogP contribution in [-0.2, 0) is 19.8 Å². The van der Waals surface area contributed by atoms with Gasteiger partial charge in [0.1, 0.15) is 5.75 Å². The number of aliphatic hydroxyl groups excluding tert-OH is 1. The SMILES string of the molecule is COc1ccc(-c2cc(C(F)(F)F)n3nc(C(=O)N(C)Cc4cn(C)nc4C)cc3n2)cc1C(C)O. The van der Waals surface area contributed by atoms with E-state index >= 15 is 0 Å². The molecule has 12 heteroatoms. The number of aromatic nitrogens is 5. The van der Waals surface area contributed by atoms with Crippen molar-refractivity contribution in [1.29, 1.82) is 0 Å². The van der Waals surface area contributed by atoms with Gasteiger partial charge in [-0.1, -0.05) is 0 Å². The zero-order valence-electron chi connectivity index (χ0n) is 20.3. The third kappa shape index (κ3) is 4.76. The molecule has 4 rings (SSSR count). The molecule has 0 aliphatic rings. The number of carbonyl (C=O) groups excluding carboxylic acids is 1. The Morgan fingerprint density at radius 2 is 1.94 bits per heavy atom. The highest BCUT2D eigenvalue weighted by Gasteiger charge is 2.36. The Balaban J connectivity index is 1.77. The molecule has 1 unspecified atom stereocenters. The van der Waals surface area contributed by atoms with E-state index < -0.39 is 23.9 Å². The van der Waals surface area contributed by atoms with E-state index in [-0.39, 0.29) is 23.6 Å². The van der Waals surface area contributed by atoms with Gasteiger partial charge in [0, 0.05) is 49.6 Å². The summed E-state index contributed by atoms with van der Waals surface area (Å²) < 4.78 is 49.4. The maximum atomic E-state index is 14.0. The maximum absolute atomic E-state index is 14.0. The predicted molar refractivity (Wildman–Crippen MR) is 124 cm³/mol. The molecule has 4 aromatic rings. The molecular weight excluding hydrogens is 477 g/mol. The van der Waals surface area contributed by atoms with Gasteiger partial charge in [0.05, 0.1) is 24.6 Å². The highest BCUT2D eigenvalue weighted by molar-refractivity contribution is 5.93. The maximum Gasteiger partial charge on any atom is 0.433 e. The minimum atomic E-state index is -4.76. The molecule has 0 aliphatic carbocycles. The molecule has 0 radical (unpaired) electrons. The van der Waals surface area contributed by atoms with E-state index in [0.29, 0.717) is 21.4 Å². The standard InChI is InChI=1S/C24H25F3N6O3/c1-13-16(12-32(4)29-13)11-31(3)23(35)19-10-22-28-18(9-21(24(25,26)27)33(22)30-19)15-6-7-20(36-5)17(8-15)14(2)34/h6-10,12,14,34H,11H2,1-5H3. The molecule has 1 atom stereocenters. The van der Waals surface area contributed by atoms with Gasteiger partial charge in [-0.2, -0.15) is 23.4 Å². The molecule has 190 valence electrons. The summed E-state index contributed by atoms with van der Waals surface area (Å²) in [6.07, 6.45) is -3.90. The summed E-state index contributed by atoms with van der Waals surface area (Å²) in [5, 5.41) is 18.2. The zero-order valence-corrected chi connectivity index (χ0v) is 20.3. The first-order valence-corrected chi connectivity index (χ1v) is 11.0. The number of amides is 1. The van der Waals surface area contributed by atoms with Crippen LogP contribution >= 0.6 is 0 Å². The first kappa shape index (κ1) is 25.2. The number of aliphatic hydroxyl groups is 1. The molecular formula is C24H25F3N6O3. The van der Waals surface area contributed by atoms with Crippen molar-refractivity contribution in [3.63, 3.8) is 0 Å². The van der Waals surface area contributed by atoms with Gasteiger partial charge in [-0.25, -0.2) is 9.50 Å². The quantitative estimate of drug-likeness (QED) is 0.431. The number of aryl methyl sites for hydroxylation is 2. The molecule has 1 aromatic carbocycles. The second-order valence-corrected chi connectivity index (χ2v) is 8.53. The van der Waals surface area contributed by atoms with Crippen molar-refractivity contribution in [2.45, 2.75) is 32.7 Å². The van der Waals surface area contributed by atoms with Crippen molar-refractivity contribution in [1.82, 2.24) is 29.3 Å². The predicted octanol–water partition coefficient (Wildman–Crippen LogP) is 3.79. The van der Waals surface area contributed by atoms with Gasteiger partial charge in [-0.15, -0.1) is 0 Å². The van der Waals surface area contributed by atoms with Crippen molar-refractivity contribution >= 4 is 11.6 Å². The van der Waals surface area contributed by atoms with Crippen molar-refractivity contribution in [2.24, 2.45) is 7.05 Å². The number of benzene rings is 1. The monoisotopic (exact) mass is 502 g/mol. The summed E-state index contributed by atoms with van der Waals surface area (Å²) in [6, 6.07) is 6.72. The number of rotatable bonds is 6. The molecule has 0 fully saturated rings. The summed E-state index contributed by atoms with van der Waals surface area (Å²) in [7, 11) is 4.73. The summed E-state index contributed by atoms with van der Waals surface area (Å²) in [5.74, 6) is -0.158. The number of alkyl halides is 3. The number of ether oxygens (including phenoxy) is 1. The molecule has 0 saturated carbocycles. The fourth-order valence-corrected chi connectivity index (χ4v) is 3.98. The summed E-state index contributed by atoms with van der Waals surface area (Å²) in [4.78, 5) is 18.7. The third-order valence-electron chi connectivity index (χ3n) is 5.78. The number of fused-ring (bicyclic) bond motifs is 1. The van der Waals surface area contributed by atoms with E-state index in [4.69, 9.17) is 4.74 Å². The van der Waals surface area contributed by atoms with Gasteiger partial charge >= 0.3 is 6.18 Å². The minimum Gasteiger partial charge on any atom is -0.496 e. The van der Waals surface area contributed by atoms with E-state index in [2.05, 4.69) is 15.2 Å². The first-order valence-electron chi connectivity index (χ1n) is 11.0. The van der Waals surface area contributed by atoms with Gasteiger partial charge < -0.3 is 14.7 Å². The van der Waals surface area contributed by atoms with E-state index in [1.54, 1.807) is 30.1 Å². The van der Waals surface area contributed by atoms with Crippen molar-refractivity contribution < 1.29 is 27.8 Å². The summed E-state index contributed by atoms with van der Waals surface area (Å²) in [6.45, 7) is 3.55. The van der Waals surface area contributed by atoms with E-state index in [1.165, 1.54) is 38.1 Å². The average molecular weight is 502 g/mol. The van der Waals surface area contributed by atoms with Crippen molar-refractivity contribution in [3.8, 4) is 17.0 Å². The fourth-order valence-electron chi connectivity index (χ4n) is 3.98. The lowest BCUT2D eigenvalue weighted by atomic mass is 10.0. The number of hydrogen-bond donors (Lipinski definition) is 1. The van der Waals surface area contributed by atoms with Gasteiger partial charge in [0.25, 0.3) is 5.91 Å². The molecule has 0 bridgehead atoms. The highest BCUT2D eigenvalue weighted by Crippen LogP contribution is 2.34. The van der Waals surface area contributed by atoms with Crippen LogP contribution in [0.15, 0.2) is 36.5 Å². The molecule has 9 nitrogen and oxygen atoms in total. The van der Waals surface area contributed by atoms with Gasteiger partial charge in [0.2, 0.25) is 0 Å².